The zero-order chi connectivity index (χ0) is 19.3. The maximum Gasteiger partial charge on any atom is 0.319 e. The van der Waals surface area contributed by atoms with Crippen LogP contribution in [-0.2, 0) is 4.74 Å². The third-order valence-electron chi connectivity index (χ3n) is 4.87. The third kappa shape index (κ3) is 3.75. The molecule has 7 nitrogen and oxygen atoms in total. The summed E-state index contributed by atoms with van der Waals surface area (Å²) >= 11 is 0. The lowest BCUT2D eigenvalue weighted by molar-refractivity contribution is -0.00700. The molecule has 4 rings (SSSR count). The summed E-state index contributed by atoms with van der Waals surface area (Å²) in [5, 5.41) is 6.83. The van der Waals surface area contributed by atoms with Crippen molar-refractivity contribution in [2.24, 2.45) is 0 Å². The van der Waals surface area contributed by atoms with E-state index in [0.717, 1.165) is 23.8 Å². The Labute approximate surface area is 163 Å². The minimum Gasteiger partial charge on any atom is -0.494 e. The lowest BCUT2D eigenvalue weighted by Gasteiger charge is -2.32. The van der Waals surface area contributed by atoms with Crippen molar-refractivity contribution in [2.45, 2.75) is 25.0 Å². The van der Waals surface area contributed by atoms with E-state index in [2.05, 4.69) is 20.6 Å². The van der Waals surface area contributed by atoms with Gasteiger partial charge in [0.2, 0.25) is 0 Å². The molecule has 1 aromatic carbocycles. The van der Waals surface area contributed by atoms with Gasteiger partial charge in [-0.3, -0.25) is 9.97 Å². The Hall–Kier alpha value is -3.19. The fraction of sp³-hybridized carbons (Fsp3) is 0.286. The zero-order valence-corrected chi connectivity index (χ0v) is 15.6. The molecule has 144 valence electrons. The molecule has 7 heteroatoms. The van der Waals surface area contributed by atoms with E-state index in [1.54, 1.807) is 31.8 Å². The minimum atomic E-state index is -0.273. The molecular weight excluding hydrogens is 356 g/mol. The second-order valence-electron chi connectivity index (χ2n) is 6.63. The van der Waals surface area contributed by atoms with E-state index < -0.39 is 0 Å². The van der Waals surface area contributed by atoms with Gasteiger partial charge >= 0.3 is 6.03 Å². The van der Waals surface area contributed by atoms with Gasteiger partial charge in [-0.15, -0.1) is 0 Å². The highest BCUT2D eigenvalue weighted by Crippen LogP contribution is 2.31. The average molecular weight is 378 g/mol. The summed E-state index contributed by atoms with van der Waals surface area (Å²) < 4.78 is 11.3. The van der Waals surface area contributed by atoms with Crippen molar-refractivity contribution in [3.63, 3.8) is 0 Å². The smallest absolute Gasteiger partial charge is 0.319 e. The summed E-state index contributed by atoms with van der Waals surface area (Å²) in [4.78, 5) is 21.1. The molecular formula is C21H22N4O3. The molecule has 0 saturated carbocycles. The van der Waals surface area contributed by atoms with Gasteiger partial charge in [-0.1, -0.05) is 0 Å². The van der Waals surface area contributed by atoms with Crippen LogP contribution >= 0.6 is 0 Å². The second-order valence-corrected chi connectivity index (χ2v) is 6.63. The Morgan fingerprint density at radius 1 is 1.18 bits per heavy atom. The molecule has 1 saturated heterocycles. The topological polar surface area (TPSA) is 85.4 Å². The number of carbonyl (C=O) groups excluding carboxylic acids is 1. The largest absolute Gasteiger partial charge is 0.494 e. The number of anilines is 1. The predicted octanol–water partition coefficient (Wildman–Crippen LogP) is 3.68. The van der Waals surface area contributed by atoms with Gasteiger partial charge < -0.3 is 20.1 Å². The number of carbonyl (C=O) groups is 1. The number of nitrogens with one attached hydrogen (secondary N) is 2. The van der Waals surface area contributed by atoms with Crippen molar-refractivity contribution in [3.05, 3.63) is 60.6 Å². The van der Waals surface area contributed by atoms with Crippen molar-refractivity contribution in [2.75, 3.05) is 19.0 Å². The Bertz CT molecular complexity index is 964. The van der Waals surface area contributed by atoms with Crippen LogP contribution in [0.4, 0.5) is 10.5 Å². The summed E-state index contributed by atoms with van der Waals surface area (Å²) in [6.45, 7) is 0.682. The van der Waals surface area contributed by atoms with Gasteiger partial charge in [0, 0.05) is 30.6 Å². The van der Waals surface area contributed by atoms with E-state index in [0.29, 0.717) is 23.6 Å². The summed E-state index contributed by atoms with van der Waals surface area (Å²) in [6, 6.07) is 10.8. The van der Waals surface area contributed by atoms with Crippen LogP contribution in [0.1, 0.15) is 24.5 Å². The van der Waals surface area contributed by atoms with Gasteiger partial charge in [0.05, 0.1) is 18.8 Å². The van der Waals surface area contributed by atoms with Crippen LogP contribution in [0.2, 0.25) is 0 Å². The van der Waals surface area contributed by atoms with Crippen LogP contribution in [0.25, 0.3) is 10.9 Å². The molecule has 1 aliphatic heterocycles. The van der Waals surface area contributed by atoms with Crippen molar-refractivity contribution < 1.29 is 14.3 Å². The first-order chi connectivity index (χ1) is 13.8. The van der Waals surface area contributed by atoms with Gasteiger partial charge in [0.15, 0.2) is 0 Å². The molecule has 3 aromatic rings. The molecule has 1 fully saturated rings. The summed E-state index contributed by atoms with van der Waals surface area (Å²) in [5.41, 5.74) is 2.40. The summed E-state index contributed by atoms with van der Waals surface area (Å²) in [7, 11) is 1.60. The molecule has 28 heavy (non-hydrogen) atoms. The van der Waals surface area contributed by atoms with Gasteiger partial charge in [0.1, 0.15) is 17.4 Å². The predicted molar refractivity (Wildman–Crippen MR) is 106 cm³/mol. The molecule has 2 atom stereocenters. The van der Waals surface area contributed by atoms with E-state index in [9.17, 15) is 4.79 Å². The van der Waals surface area contributed by atoms with Crippen LogP contribution in [0.5, 0.6) is 5.75 Å². The number of fused-ring (bicyclic) bond motifs is 1. The number of hydrogen-bond acceptors (Lipinski definition) is 5. The van der Waals surface area contributed by atoms with Gasteiger partial charge in [-0.25, -0.2) is 4.79 Å². The minimum absolute atomic E-state index is 0.112. The Morgan fingerprint density at radius 2 is 2.04 bits per heavy atom. The van der Waals surface area contributed by atoms with E-state index in [1.165, 1.54) is 0 Å². The monoisotopic (exact) mass is 378 g/mol. The van der Waals surface area contributed by atoms with Crippen LogP contribution in [0, 0.1) is 0 Å². The van der Waals surface area contributed by atoms with E-state index in [4.69, 9.17) is 9.47 Å². The standard InChI is InChI=1S/C21H22N4O3/c1-27-18-7-6-16(15-4-2-10-23-19(15)18)24-21(26)25-17-5-3-13-28-20(17)14-8-11-22-12-9-14/h2,4,6-12,17,20H,3,5,13H2,1H3,(H2,24,25,26)/t17-,20+/m0/s1. The number of aromatic nitrogens is 2. The highest BCUT2D eigenvalue weighted by Gasteiger charge is 2.29. The van der Waals surface area contributed by atoms with Crippen molar-refractivity contribution in [1.82, 2.24) is 15.3 Å². The molecule has 2 amide bonds. The lowest BCUT2D eigenvalue weighted by atomic mass is 9.97. The molecule has 3 heterocycles. The lowest BCUT2D eigenvalue weighted by Crippen LogP contribution is -2.44. The number of urea groups is 1. The van der Waals surface area contributed by atoms with Gasteiger partial charge in [0.25, 0.3) is 0 Å². The number of rotatable bonds is 4. The third-order valence-corrected chi connectivity index (χ3v) is 4.87. The molecule has 1 aliphatic rings. The normalized spacial score (nSPS) is 19.2. The Balaban J connectivity index is 1.52. The molecule has 0 aliphatic carbocycles. The van der Waals surface area contributed by atoms with Crippen molar-refractivity contribution >= 4 is 22.6 Å². The summed E-state index contributed by atoms with van der Waals surface area (Å²) in [5.74, 6) is 0.667. The average Bonchev–Trinajstić information content (AvgIpc) is 2.75. The maximum atomic E-state index is 12.7. The number of methoxy groups -OCH3 is 1. The maximum absolute atomic E-state index is 12.7. The number of benzene rings is 1. The fourth-order valence-corrected chi connectivity index (χ4v) is 3.56. The quantitative estimate of drug-likeness (QED) is 0.723. The summed E-state index contributed by atoms with van der Waals surface area (Å²) in [6.07, 6.45) is 6.75. The number of ether oxygens (including phenoxy) is 2. The highest BCUT2D eigenvalue weighted by atomic mass is 16.5. The van der Waals surface area contributed by atoms with E-state index in [-0.39, 0.29) is 18.2 Å². The first-order valence-corrected chi connectivity index (χ1v) is 9.27. The SMILES string of the molecule is COc1ccc(NC(=O)N[C@H]2CCCO[C@@H]2c2ccncc2)c2cccnc12. The fourth-order valence-electron chi connectivity index (χ4n) is 3.56. The molecule has 0 radical (unpaired) electrons. The number of hydrogen-bond donors (Lipinski definition) is 2. The molecule has 2 N–H and O–H groups in total. The van der Waals surface area contributed by atoms with Crippen LogP contribution < -0.4 is 15.4 Å². The number of amides is 2. The zero-order valence-electron chi connectivity index (χ0n) is 15.6. The molecule has 2 aromatic heterocycles. The Kier molecular flexibility index (Phi) is 5.34. The first-order valence-electron chi connectivity index (χ1n) is 9.27. The number of nitrogens with zero attached hydrogens (tertiary/aromatic N) is 2. The Morgan fingerprint density at radius 3 is 2.86 bits per heavy atom. The van der Waals surface area contributed by atoms with Crippen LogP contribution in [0.15, 0.2) is 55.0 Å². The second kappa shape index (κ2) is 8.22. The van der Waals surface area contributed by atoms with Gasteiger partial charge in [-0.05, 0) is 54.8 Å². The van der Waals surface area contributed by atoms with Crippen LogP contribution in [-0.4, -0.2) is 35.8 Å². The number of pyridine rings is 2. The van der Waals surface area contributed by atoms with Crippen LogP contribution in [0.3, 0.4) is 0 Å². The highest BCUT2D eigenvalue weighted by molar-refractivity contribution is 6.02. The molecule has 0 spiro atoms. The molecule has 0 unspecified atom stereocenters. The van der Waals surface area contributed by atoms with Crippen molar-refractivity contribution in [1.29, 1.82) is 0 Å². The first kappa shape index (κ1) is 18.2. The van der Waals surface area contributed by atoms with E-state index in [1.807, 2.05) is 30.3 Å². The molecule has 0 bridgehead atoms. The van der Waals surface area contributed by atoms with Gasteiger partial charge in [-0.2, -0.15) is 0 Å². The van der Waals surface area contributed by atoms with Crippen molar-refractivity contribution in [3.8, 4) is 5.75 Å². The van der Waals surface area contributed by atoms with E-state index >= 15 is 0 Å².